The van der Waals surface area contributed by atoms with E-state index in [-0.39, 0.29) is 31.0 Å². The van der Waals surface area contributed by atoms with Crippen LogP contribution in [-0.4, -0.2) is 25.5 Å². The van der Waals surface area contributed by atoms with Crippen LogP contribution in [0.5, 0.6) is 0 Å². The van der Waals surface area contributed by atoms with Crippen LogP contribution in [0.3, 0.4) is 0 Å². The zero-order chi connectivity index (χ0) is 12.0. The predicted octanol–water partition coefficient (Wildman–Crippen LogP) is 1.05. The van der Waals surface area contributed by atoms with Crippen molar-refractivity contribution in [3.05, 3.63) is 35.4 Å². The van der Waals surface area contributed by atoms with Crippen molar-refractivity contribution < 1.29 is 18.3 Å². The maximum atomic E-state index is 13.1. The summed E-state index contributed by atoms with van der Waals surface area (Å²) in [4.78, 5) is 11.3. The van der Waals surface area contributed by atoms with E-state index in [0.717, 1.165) is 12.1 Å². The highest BCUT2D eigenvalue weighted by Crippen LogP contribution is 2.10. The van der Waals surface area contributed by atoms with Crippen LogP contribution in [0.2, 0.25) is 0 Å². The summed E-state index contributed by atoms with van der Waals surface area (Å²) in [6, 6.07) is 3.13. The number of carbonyl (C=O) groups is 1. The van der Waals surface area contributed by atoms with Gasteiger partial charge in [-0.15, -0.1) is 0 Å². The number of ether oxygens (including phenoxy) is 1. The molecule has 0 aromatic heterocycles. The lowest BCUT2D eigenvalue weighted by Gasteiger charge is -2.03. The number of ketones is 1. The Hall–Kier alpha value is -1.33. The van der Waals surface area contributed by atoms with Crippen LogP contribution in [0.1, 0.15) is 5.56 Å². The lowest BCUT2D eigenvalue weighted by molar-refractivity contribution is -0.122. The first-order valence-electron chi connectivity index (χ1n) is 4.87. The lowest BCUT2D eigenvalue weighted by Crippen LogP contribution is -2.16. The first kappa shape index (κ1) is 12.7. The molecule has 88 valence electrons. The molecular formula is C11H13F2NO2. The Labute approximate surface area is 92.2 Å². The van der Waals surface area contributed by atoms with Crippen molar-refractivity contribution in [1.29, 1.82) is 0 Å². The maximum absolute atomic E-state index is 13.1. The molecule has 0 saturated carbocycles. The van der Waals surface area contributed by atoms with E-state index in [0.29, 0.717) is 6.54 Å². The number of Topliss-reactive ketones (excluding diaryl/α,β-unsaturated/α-hetero) is 1. The summed E-state index contributed by atoms with van der Waals surface area (Å²) in [6.07, 6.45) is -0.101. The highest BCUT2D eigenvalue weighted by atomic mass is 19.1. The molecule has 1 aromatic rings. The molecule has 0 amide bonds. The molecule has 0 unspecified atom stereocenters. The van der Waals surface area contributed by atoms with Gasteiger partial charge in [0, 0.05) is 19.0 Å². The molecule has 1 aromatic carbocycles. The normalized spacial score (nSPS) is 10.4. The van der Waals surface area contributed by atoms with Crippen LogP contribution in [0, 0.1) is 11.6 Å². The van der Waals surface area contributed by atoms with Crippen molar-refractivity contribution in [1.82, 2.24) is 0 Å². The van der Waals surface area contributed by atoms with E-state index in [2.05, 4.69) is 0 Å². The molecule has 0 aliphatic heterocycles. The predicted molar refractivity (Wildman–Crippen MR) is 54.9 cm³/mol. The summed E-state index contributed by atoms with van der Waals surface area (Å²) >= 11 is 0. The molecule has 0 atom stereocenters. The lowest BCUT2D eigenvalue weighted by atomic mass is 10.1. The van der Waals surface area contributed by atoms with E-state index in [9.17, 15) is 13.6 Å². The first-order chi connectivity index (χ1) is 7.63. The van der Waals surface area contributed by atoms with E-state index < -0.39 is 11.6 Å². The summed E-state index contributed by atoms with van der Waals surface area (Å²) in [7, 11) is 0. The van der Waals surface area contributed by atoms with Crippen molar-refractivity contribution >= 4 is 5.78 Å². The SMILES string of the molecule is NCCOCC(=O)Cc1ccc(F)cc1F. The van der Waals surface area contributed by atoms with Crippen molar-refractivity contribution in [2.75, 3.05) is 19.8 Å². The minimum atomic E-state index is -0.716. The molecule has 0 heterocycles. The van der Waals surface area contributed by atoms with E-state index >= 15 is 0 Å². The molecule has 0 radical (unpaired) electrons. The smallest absolute Gasteiger partial charge is 0.162 e. The van der Waals surface area contributed by atoms with Crippen molar-refractivity contribution in [3.63, 3.8) is 0 Å². The molecule has 1 rings (SSSR count). The number of benzene rings is 1. The summed E-state index contributed by atoms with van der Waals surface area (Å²) in [5.74, 6) is -1.64. The highest BCUT2D eigenvalue weighted by Gasteiger charge is 2.09. The van der Waals surface area contributed by atoms with Crippen LogP contribution in [0.25, 0.3) is 0 Å². The summed E-state index contributed by atoms with van der Waals surface area (Å²) < 4.78 is 30.6. The van der Waals surface area contributed by atoms with Crippen molar-refractivity contribution in [3.8, 4) is 0 Å². The molecule has 0 spiro atoms. The van der Waals surface area contributed by atoms with Gasteiger partial charge in [0.25, 0.3) is 0 Å². The second-order valence-electron chi connectivity index (χ2n) is 3.29. The molecule has 0 fully saturated rings. The van der Waals surface area contributed by atoms with Gasteiger partial charge in [-0.1, -0.05) is 6.07 Å². The highest BCUT2D eigenvalue weighted by molar-refractivity contribution is 5.82. The van der Waals surface area contributed by atoms with E-state index in [1.807, 2.05) is 0 Å². The minimum absolute atomic E-state index is 0.101. The summed E-state index contributed by atoms with van der Waals surface area (Å²) in [6.45, 7) is 0.518. The third-order valence-electron chi connectivity index (χ3n) is 1.93. The fourth-order valence-corrected chi connectivity index (χ4v) is 1.20. The van der Waals surface area contributed by atoms with Gasteiger partial charge in [0.05, 0.1) is 6.61 Å². The summed E-state index contributed by atoms with van der Waals surface area (Å²) in [5, 5.41) is 0. The molecule has 0 aliphatic rings. The van der Waals surface area contributed by atoms with E-state index in [1.54, 1.807) is 0 Å². The van der Waals surface area contributed by atoms with Crippen LogP contribution in [0.4, 0.5) is 8.78 Å². The average Bonchev–Trinajstić information content (AvgIpc) is 2.23. The van der Waals surface area contributed by atoms with Crippen LogP contribution < -0.4 is 5.73 Å². The molecule has 0 saturated heterocycles. The summed E-state index contributed by atoms with van der Waals surface area (Å²) in [5.41, 5.74) is 5.34. The fourth-order valence-electron chi connectivity index (χ4n) is 1.20. The van der Waals surface area contributed by atoms with Gasteiger partial charge < -0.3 is 10.5 Å². The van der Waals surface area contributed by atoms with Crippen LogP contribution >= 0.6 is 0 Å². The Morgan fingerprint density at radius 2 is 2.12 bits per heavy atom. The van der Waals surface area contributed by atoms with Gasteiger partial charge in [-0.2, -0.15) is 0 Å². The zero-order valence-electron chi connectivity index (χ0n) is 8.71. The van der Waals surface area contributed by atoms with Gasteiger partial charge in [0.15, 0.2) is 5.78 Å². The molecular weight excluding hydrogens is 216 g/mol. The Morgan fingerprint density at radius 1 is 1.38 bits per heavy atom. The Bertz CT molecular complexity index is 369. The maximum Gasteiger partial charge on any atom is 0.162 e. The van der Waals surface area contributed by atoms with Gasteiger partial charge in [-0.25, -0.2) is 8.78 Å². The zero-order valence-corrected chi connectivity index (χ0v) is 8.71. The molecule has 3 nitrogen and oxygen atoms in total. The van der Waals surface area contributed by atoms with Gasteiger partial charge in [-0.05, 0) is 11.6 Å². The molecule has 0 aliphatic carbocycles. The molecule has 5 heteroatoms. The Morgan fingerprint density at radius 3 is 2.75 bits per heavy atom. The van der Waals surface area contributed by atoms with Crippen molar-refractivity contribution in [2.45, 2.75) is 6.42 Å². The van der Waals surface area contributed by atoms with Gasteiger partial charge >= 0.3 is 0 Å². The molecule has 16 heavy (non-hydrogen) atoms. The number of nitrogens with two attached hydrogens (primary N) is 1. The van der Waals surface area contributed by atoms with Crippen LogP contribution in [-0.2, 0) is 16.0 Å². The standard InChI is InChI=1S/C11H13F2NO2/c12-9-2-1-8(11(13)6-9)5-10(15)7-16-4-3-14/h1-2,6H,3-5,7,14H2. The fraction of sp³-hybridized carbons (Fsp3) is 0.364. The minimum Gasteiger partial charge on any atom is -0.372 e. The number of halogens is 2. The van der Waals surface area contributed by atoms with Gasteiger partial charge in [0.2, 0.25) is 0 Å². The Balaban J connectivity index is 2.49. The van der Waals surface area contributed by atoms with E-state index in [1.165, 1.54) is 6.07 Å². The number of hydrogen-bond acceptors (Lipinski definition) is 3. The third-order valence-corrected chi connectivity index (χ3v) is 1.93. The molecule has 0 bridgehead atoms. The quantitative estimate of drug-likeness (QED) is 0.742. The third kappa shape index (κ3) is 4.04. The average molecular weight is 229 g/mol. The number of hydrogen-bond donors (Lipinski definition) is 1. The number of rotatable bonds is 6. The first-order valence-corrected chi connectivity index (χ1v) is 4.87. The molecule has 2 N–H and O–H groups in total. The number of carbonyl (C=O) groups excluding carboxylic acids is 1. The van der Waals surface area contributed by atoms with E-state index in [4.69, 9.17) is 10.5 Å². The van der Waals surface area contributed by atoms with Crippen LogP contribution in [0.15, 0.2) is 18.2 Å². The second kappa shape index (κ2) is 6.30. The van der Waals surface area contributed by atoms with Gasteiger partial charge in [0.1, 0.15) is 18.2 Å². The monoisotopic (exact) mass is 229 g/mol. The second-order valence-corrected chi connectivity index (χ2v) is 3.29. The van der Waals surface area contributed by atoms with Crippen molar-refractivity contribution in [2.24, 2.45) is 5.73 Å². The topological polar surface area (TPSA) is 52.3 Å². The largest absolute Gasteiger partial charge is 0.372 e. The Kier molecular flexibility index (Phi) is 5.01. The van der Waals surface area contributed by atoms with Gasteiger partial charge in [-0.3, -0.25) is 4.79 Å².